The molecule has 0 aliphatic rings. The van der Waals surface area contributed by atoms with E-state index in [0.29, 0.717) is 27.4 Å². The van der Waals surface area contributed by atoms with Gasteiger partial charge in [-0.1, -0.05) is 44.0 Å². The van der Waals surface area contributed by atoms with Crippen molar-refractivity contribution in [1.82, 2.24) is 4.98 Å². The first-order chi connectivity index (χ1) is 7.41. The maximum Gasteiger partial charge on any atom is 0.0715 e. The highest BCUT2D eigenvalue weighted by Gasteiger charge is 2.17. The van der Waals surface area contributed by atoms with Gasteiger partial charge in [0.25, 0.3) is 0 Å². The van der Waals surface area contributed by atoms with Gasteiger partial charge in [0, 0.05) is 22.2 Å². The lowest BCUT2D eigenvalue weighted by molar-refractivity contribution is 0.604. The van der Waals surface area contributed by atoms with Gasteiger partial charge >= 0.3 is 0 Å². The Balaban J connectivity index is 2.77. The van der Waals surface area contributed by atoms with Gasteiger partial charge in [-0.05, 0) is 12.0 Å². The molecule has 0 aliphatic carbocycles. The number of rotatable bonds is 4. The number of hydrogen-bond acceptors (Lipinski definition) is 2. The van der Waals surface area contributed by atoms with E-state index < -0.39 is 10.8 Å². The van der Waals surface area contributed by atoms with Crippen LogP contribution >= 0.6 is 23.2 Å². The van der Waals surface area contributed by atoms with Gasteiger partial charge in [0.05, 0.1) is 21.5 Å². The van der Waals surface area contributed by atoms with Crippen molar-refractivity contribution in [3.05, 3.63) is 28.0 Å². The molecule has 2 unspecified atom stereocenters. The molecule has 16 heavy (non-hydrogen) atoms. The summed E-state index contributed by atoms with van der Waals surface area (Å²) in [5.74, 6) is 0.766. The fourth-order valence-corrected chi connectivity index (χ4v) is 3.01. The monoisotopic (exact) mass is 279 g/mol. The van der Waals surface area contributed by atoms with Crippen molar-refractivity contribution in [2.45, 2.75) is 31.8 Å². The molecule has 0 bridgehead atoms. The molecule has 0 spiro atoms. The van der Waals surface area contributed by atoms with Gasteiger partial charge in [-0.15, -0.1) is 0 Å². The first kappa shape index (κ1) is 13.9. The van der Waals surface area contributed by atoms with E-state index in [2.05, 4.69) is 18.8 Å². The average Bonchev–Trinajstić information content (AvgIpc) is 2.20. The molecule has 2 nitrogen and oxygen atoms in total. The summed E-state index contributed by atoms with van der Waals surface area (Å²) in [5.41, 5.74) is 0.650. The van der Waals surface area contributed by atoms with Crippen LogP contribution in [0.25, 0.3) is 0 Å². The van der Waals surface area contributed by atoms with Crippen LogP contribution in [0, 0.1) is 5.92 Å². The average molecular weight is 280 g/mol. The smallest absolute Gasteiger partial charge is 0.0715 e. The molecule has 0 N–H and O–H groups in total. The predicted octanol–water partition coefficient (Wildman–Crippen LogP) is 3.68. The fraction of sp³-hybridized carbons (Fsp3) is 0.545. The molecule has 0 fully saturated rings. The van der Waals surface area contributed by atoms with Crippen LogP contribution in [-0.2, 0) is 16.6 Å². The Morgan fingerprint density at radius 2 is 2.00 bits per heavy atom. The summed E-state index contributed by atoms with van der Waals surface area (Å²) in [5, 5.41) is 1.11. The van der Waals surface area contributed by atoms with Crippen LogP contribution in [0.15, 0.2) is 12.3 Å². The SMILES string of the molecule is CC(C)C(C)S(=O)Cc1ncc(Cl)cc1Cl. The number of halogens is 2. The summed E-state index contributed by atoms with van der Waals surface area (Å²) in [7, 11) is -0.953. The fourth-order valence-electron chi connectivity index (χ4n) is 1.12. The molecule has 1 aromatic heterocycles. The van der Waals surface area contributed by atoms with E-state index in [9.17, 15) is 4.21 Å². The van der Waals surface area contributed by atoms with E-state index in [-0.39, 0.29) is 5.25 Å². The summed E-state index contributed by atoms with van der Waals surface area (Å²) in [4.78, 5) is 4.10. The number of pyridine rings is 1. The van der Waals surface area contributed by atoms with Crippen molar-refractivity contribution in [2.75, 3.05) is 0 Å². The topological polar surface area (TPSA) is 30.0 Å². The van der Waals surface area contributed by atoms with E-state index >= 15 is 0 Å². The van der Waals surface area contributed by atoms with Crippen LogP contribution < -0.4 is 0 Å². The standard InChI is InChI=1S/C11H15Cl2NOS/c1-7(2)8(3)16(15)6-11-10(13)4-9(12)5-14-11/h4-5,7-8H,6H2,1-3H3. The van der Waals surface area contributed by atoms with Crippen LogP contribution in [-0.4, -0.2) is 14.4 Å². The van der Waals surface area contributed by atoms with E-state index in [1.165, 1.54) is 6.20 Å². The summed E-state index contributed by atoms with van der Waals surface area (Å²) in [6, 6.07) is 1.63. The zero-order valence-corrected chi connectivity index (χ0v) is 11.9. The van der Waals surface area contributed by atoms with Gasteiger partial charge in [0.1, 0.15) is 0 Å². The Bertz CT molecular complexity index is 396. The second-order valence-corrected chi connectivity index (χ2v) is 6.69. The third-order valence-corrected chi connectivity index (χ3v) is 4.98. The Kier molecular flexibility index (Phi) is 5.22. The van der Waals surface area contributed by atoms with Crippen molar-refractivity contribution in [1.29, 1.82) is 0 Å². The van der Waals surface area contributed by atoms with E-state index in [1.807, 2.05) is 6.92 Å². The number of aromatic nitrogens is 1. The van der Waals surface area contributed by atoms with Crippen molar-refractivity contribution in [2.24, 2.45) is 5.92 Å². The molecule has 1 heterocycles. The minimum absolute atomic E-state index is 0.133. The van der Waals surface area contributed by atoms with E-state index in [4.69, 9.17) is 23.2 Å². The minimum atomic E-state index is -0.953. The minimum Gasteiger partial charge on any atom is -0.259 e. The first-order valence-corrected chi connectivity index (χ1v) is 7.22. The molecule has 2 atom stereocenters. The normalized spacial score (nSPS) is 15.1. The predicted molar refractivity (Wildman–Crippen MR) is 70.4 cm³/mol. The zero-order chi connectivity index (χ0) is 12.3. The van der Waals surface area contributed by atoms with Gasteiger partial charge < -0.3 is 0 Å². The molecule has 1 rings (SSSR count). The molecule has 1 aromatic rings. The van der Waals surface area contributed by atoms with Gasteiger partial charge in [-0.2, -0.15) is 0 Å². The molecule has 0 amide bonds. The van der Waals surface area contributed by atoms with Gasteiger partial charge in [-0.3, -0.25) is 9.19 Å². The quantitative estimate of drug-likeness (QED) is 0.842. The third kappa shape index (κ3) is 3.72. The summed E-state index contributed by atoms with van der Waals surface area (Å²) in [6.45, 7) is 6.09. The molecule has 0 saturated carbocycles. The largest absolute Gasteiger partial charge is 0.259 e. The second kappa shape index (κ2) is 5.99. The van der Waals surface area contributed by atoms with Crippen LogP contribution in [0.1, 0.15) is 26.5 Å². The maximum absolute atomic E-state index is 12.0. The molecule has 90 valence electrons. The van der Waals surface area contributed by atoms with Crippen molar-refractivity contribution in [3.8, 4) is 0 Å². The summed E-state index contributed by atoms with van der Waals surface area (Å²) in [6.07, 6.45) is 1.53. The van der Waals surface area contributed by atoms with Crippen LogP contribution in [0.2, 0.25) is 10.0 Å². The highest BCUT2D eigenvalue weighted by Crippen LogP contribution is 2.21. The summed E-state index contributed by atoms with van der Waals surface area (Å²) < 4.78 is 12.0. The third-order valence-electron chi connectivity index (χ3n) is 2.52. The molecular formula is C11H15Cl2NOS. The Morgan fingerprint density at radius 3 is 2.50 bits per heavy atom. The van der Waals surface area contributed by atoms with Crippen LogP contribution in [0.5, 0.6) is 0 Å². The highest BCUT2D eigenvalue weighted by molar-refractivity contribution is 7.84. The van der Waals surface area contributed by atoms with Crippen molar-refractivity contribution in [3.63, 3.8) is 0 Å². The lowest BCUT2D eigenvalue weighted by Gasteiger charge is -2.15. The van der Waals surface area contributed by atoms with Crippen molar-refractivity contribution < 1.29 is 4.21 Å². The molecule has 5 heteroatoms. The molecule has 0 radical (unpaired) electrons. The highest BCUT2D eigenvalue weighted by atomic mass is 35.5. The second-order valence-electron chi connectivity index (χ2n) is 4.06. The Labute approximate surface area is 109 Å². The number of hydrogen-bond donors (Lipinski definition) is 0. The lowest BCUT2D eigenvalue weighted by Crippen LogP contribution is -2.19. The van der Waals surface area contributed by atoms with Crippen LogP contribution in [0.3, 0.4) is 0 Å². The molecule has 0 saturated heterocycles. The van der Waals surface area contributed by atoms with Gasteiger partial charge in [0.2, 0.25) is 0 Å². The van der Waals surface area contributed by atoms with E-state index in [0.717, 1.165) is 0 Å². The number of nitrogens with zero attached hydrogens (tertiary/aromatic N) is 1. The van der Waals surface area contributed by atoms with Gasteiger partial charge in [-0.25, -0.2) is 0 Å². The Hall–Kier alpha value is -0.120. The molecule has 0 aromatic carbocycles. The Morgan fingerprint density at radius 1 is 1.38 bits per heavy atom. The molecular weight excluding hydrogens is 265 g/mol. The first-order valence-electron chi connectivity index (χ1n) is 5.09. The van der Waals surface area contributed by atoms with E-state index in [1.54, 1.807) is 6.07 Å². The van der Waals surface area contributed by atoms with Crippen molar-refractivity contribution >= 4 is 34.0 Å². The maximum atomic E-state index is 12.0. The zero-order valence-electron chi connectivity index (χ0n) is 9.54. The van der Waals surface area contributed by atoms with Crippen LogP contribution in [0.4, 0.5) is 0 Å². The lowest BCUT2D eigenvalue weighted by atomic mass is 10.2. The van der Waals surface area contributed by atoms with Gasteiger partial charge in [0.15, 0.2) is 0 Å². The summed E-state index contributed by atoms with van der Waals surface area (Å²) >= 11 is 11.7. The molecule has 0 aliphatic heterocycles.